The second-order valence-corrected chi connectivity index (χ2v) is 2.54. The Hall–Kier alpha value is -1.58. The Labute approximate surface area is 76.2 Å². The summed E-state index contributed by atoms with van der Waals surface area (Å²) in [5.41, 5.74) is 0.857. The van der Waals surface area contributed by atoms with E-state index < -0.39 is 5.97 Å². The van der Waals surface area contributed by atoms with Gasteiger partial charge in [-0.15, -0.1) is 0 Å². The van der Waals surface area contributed by atoms with Crippen LogP contribution in [0, 0.1) is 0 Å². The van der Waals surface area contributed by atoms with Crippen molar-refractivity contribution in [3.8, 4) is 0 Å². The molecule has 0 unspecified atom stereocenters. The number of allylic oxidation sites excluding steroid dienone is 1. The van der Waals surface area contributed by atoms with Crippen LogP contribution in [-0.2, 0) is 4.74 Å². The summed E-state index contributed by atoms with van der Waals surface area (Å²) in [5, 5.41) is 0. The lowest BCUT2D eigenvalue weighted by Gasteiger charge is -1.94. The van der Waals surface area contributed by atoms with E-state index in [4.69, 9.17) is 9.15 Å². The maximum atomic E-state index is 11.1. The first kappa shape index (κ1) is 9.51. The van der Waals surface area contributed by atoms with Gasteiger partial charge in [0.05, 0.1) is 6.61 Å². The fourth-order valence-electron chi connectivity index (χ4n) is 0.769. The zero-order valence-corrected chi connectivity index (χ0v) is 7.66. The molecule has 70 valence electrons. The van der Waals surface area contributed by atoms with Gasteiger partial charge < -0.3 is 9.15 Å². The number of aromatic nitrogens is 1. The van der Waals surface area contributed by atoms with Crippen molar-refractivity contribution in [2.75, 3.05) is 6.61 Å². The third-order valence-electron chi connectivity index (χ3n) is 1.35. The van der Waals surface area contributed by atoms with Crippen LogP contribution in [0.2, 0.25) is 0 Å². The predicted molar refractivity (Wildman–Crippen MR) is 47.2 cm³/mol. The second-order valence-electron chi connectivity index (χ2n) is 2.54. The predicted octanol–water partition coefficient (Wildman–Crippen LogP) is 1.88. The van der Waals surface area contributed by atoms with E-state index in [1.807, 2.05) is 0 Å². The first-order chi connectivity index (χ1) is 6.15. The molecule has 4 heteroatoms. The SMILES string of the molecule is C=C(C)c1nc(C(=O)OCC)co1. The molecule has 0 saturated heterocycles. The van der Waals surface area contributed by atoms with Crippen molar-refractivity contribution in [1.82, 2.24) is 4.98 Å². The van der Waals surface area contributed by atoms with Gasteiger partial charge >= 0.3 is 5.97 Å². The summed E-state index contributed by atoms with van der Waals surface area (Å²) in [6.07, 6.45) is 1.27. The van der Waals surface area contributed by atoms with Crippen molar-refractivity contribution in [3.05, 3.63) is 24.4 Å². The lowest BCUT2D eigenvalue weighted by atomic mass is 10.3. The Bertz CT molecular complexity index is 327. The average molecular weight is 181 g/mol. The van der Waals surface area contributed by atoms with Crippen LogP contribution in [-0.4, -0.2) is 17.6 Å². The fourth-order valence-corrected chi connectivity index (χ4v) is 0.769. The molecule has 0 aromatic carbocycles. The van der Waals surface area contributed by atoms with Crippen LogP contribution in [0.15, 0.2) is 17.3 Å². The summed E-state index contributed by atoms with van der Waals surface area (Å²) in [6.45, 7) is 7.45. The third-order valence-corrected chi connectivity index (χ3v) is 1.35. The van der Waals surface area contributed by atoms with E-state index >= 15 is 0 Å². The van der Waals surface area contributed by atoms with Crippen LogP contribution in [0.25, 0.3) is 5.57 Å². The molecule has 0 fully saturated rings. The van der Waals surface area contributed by atoms with Crippen LogP contribution in [0.3, 0.4) is 0 Å². The Morgan fingerprint density at radius 2 is 2.46 bits per heavy atom. The first-order valence-corrected chi connectivity index (χ1v) is 3.93. The molecule has 0 bridgehead atoms. The van der Waals surface area contributed by atoms with Crippen molar-refractivity contribution in [2.45, 2.75) is 13.8 Å². The normalized spacial score (nSPS) is 9.69. The molecule has 0 amide bonds. The van der Waals surface area contributed by atoms with Gasteiger partial charge in [-0.2, -0.15) is 0 Å². The van der Waals surface area contributed by atoms with Gasteiger partial charge in [-0.3, -0.25) is 0 Å². The van der Waals surface area contributed by atoms with Crippen molar-refractivity contribution in [2.24, 2.45) is 0 Å². The third kappa shape index (κ3) is 2.18. The van der Waals surface area contributed by atoms with E-state index in [9.17, 15) is 4.79 Å². The van der Waals surface area contributed by atoms with Crippen LogP contribution < -0.4 is 0 Å². The molecular formula is C9H11NO3. The van der Waals surface area contributed by atoms with Crippen molar-refractivity contribution < 1.29 is 13.9 Å². The summed E-state index contributed by atoms with van der Waals surface area (Å²) >= 11 is 0. The maximum Gasteiger partial charge on any atom is 0.360 e. The summed E-state index contributed by atoms with van der Waals surface area (Å²) < 4.78 is 9.71. The molecule has 1 heterocycles. The monoisotopic (exact) mass is 181 g/mol. The highest BCUT2D eigenvalue weighted by atomic mass is 16.5. The molecule has 0 spiro atoms. The van der Waals surface area contributed by atoms with Crippen LogP contribution in [0.5, 0.6) is 0 Å². The zero-order valence-electron chi connectivity index (χ0n) is 7.66. The lowest BCUT2D eigenvalue weighted by molar-refractivity contribution is 0.0519. The molecule has 0 aliphatic rings. The molecule has 0 atom stereocenters. The Kier molecular flexibility index (Phi) is 2.84. The summed E-state index contributed by atoms with van der Waals surface area (Å²) in [7, 11) is 0. The van der Waals surface area contributed by atoms with Crippen LogP contribution in [0.1, 0.15) is 30.2 Å². The number of carbonyl (C=O) groups excluding carboxylic acids is 1. The first-order valence-electron chi connectivity index (χ1n) is 3.93. The fraction of sp³-hybridized carbons (Fsp3) is 0.333. The van der Waals surface area contributed by atoms with Gasteiger partial charge in [0.25, 0.3) is 0 Å². The highest BCUT2D eigenvalue weighted by Crippen LogP contribution is 2.11. The van der Waals surface area contributed by atoms with Gasteiger partial charge in [-0.1, -0.05) is 6.58 Å². The van der Waals surface area contributed by atoms with Gasteiger partial charge in [-0.25, -0.2) is 9.78 Å². The van der Waals surface area contributed by atoms with Crippen LogP contribution >= 0.6 is 0 Å². The van der Waals surface area contributed by atoms with Gasteiger partial charge in [0, 0.05) is 5.57 Å². The minimum Gasteiger partial charge on any atom is -0.461 e. The van der Waals surface area contributed by atoms with Gasteiger partial charge in [-0.05, 0) is 13.8 Å². The highest BCUT2D eigenvalue weighted by Gasteiger charge is 2.12. The molecule has 0 aliphatic heterocycles. The van der Waals surface area contributed by atoms with E-state index in [1.165, 1.54) is 6.26 Å². The van der Waals surface area contributed by atoms with E-state index in [1.54, 1.807) is 13.8 Å². The number of hydrogen-bond acceptors (Lipinski definition) is 4. The number of rotatable bonds is 3. The smallest absolute Gasteiger partial charge is 0.360 e. The number of oxazole rings is 1. The summed E-state index contributed by atoms with van der Waals surface area (Å²) in [4.78, 5) is 15.0. The zero-order chi connectivity index (χ0) is 9.84. The number of ether oxygens (including phenoxy) is 1. The number of carbonyl (C=O) groups is 1. The quantitative estimate of drug-likeness (QED) is 0.668. The lowest BCUT2D eigenvalue weighted by Crippen LogP contribution is -2.04. The van der Waals surface area contributed by atoms with Crippen molar-refractivity contribution in [3.63, 3.8) is 0 Å². The molecule has 0 N–H and O–H groups in total. The Morgan fingerprint density at radius 1 is 1.77 bits per heavy atom. The maximum absolute atomic E-state index is 11.1. The van der Waals surface area contributed by atoms with Gasteiger partial charge in [0.1, 0.15) is 6.26 Å². The molecule has 4 nitrogen and oxygen atoms in total. The molecule has 1 rings (SSSR count). The second kappa shape index (κ2) is 3.89. The molecule has 0 aliphatic carbocycles. The molecule has 1 aromatic heterocycles. The van der Waals surface area contributed by atoms with Gasteiger partial charge in [0.15, 0.2) is 5.69 Å². The Morgan fingerprint density at radius 3 is 2.92 bits per heavy atom. The van der Waals surface area contributed by atoms with E-state index in [0.717, 1.165) is 0 Å². The van der Waals surface area contributed by atoms with E-state index in [0.29, 0.717) is 18.1 Å². The highest BCUT2D eigenvalue weighted by molar-refractivity contribution is 5.87. The van der Waals surface area contributed by atoms with Crippen molar-refractivity contribution >= 4 is 11.5 Å². The molecule has 0 saturated carbocycles. The molecular weight excluding hydrogens is 170 g/mol. The number of esters is 1. The largest absolute Gasteiger partial charge is 0.461 e. The standard InChI is InChI=1S/C9H11NO3/c1-4-12-9(11)7-5-13-8(10-7)6(2)3/h5H,2,4H2,1,3H3. The molecule has 13 heavy (non-hydrogen) atoms. The number of hydrogen-bond donors (Lipinski definition) is 0. The minimum atomic E-state index is -0.473. The average Bonchev–Trinajstić information content (AvgIpc) is 2.52. The van der Waals surface area contributed by atoms with Crippen LogP contribution in [0.4, 0.5) is 0 Å². The Balaban J connectivity index is 2.79. The van der Waals surface area contributed by atoms with E-state index in [2.05, 4.69) is 11.6 Å². The molecule has 1 aromatic rings. The van der Waals surface area contributed by atoms with Crippen molar-refractivity contribution in [1.29, 1.82) is 0 Å². The number of nitrogens with zero attached hydrogens (tertiary/aromatic N) is 1. The summed E-state index contributed by atoms with van der Waals surface area (Å²) in [5.74, 6) is -0.109. The summed E-state index contributed by atoms with van der Waals surface area (Å²) in [6, 6.07) is 0. The topological polar surface area (TPSA) is 52.3 Å². The van der Waals surface area contributed by atoms with Gasteiger partial charge in [0.2, 0.25) is 5.89 Å². The minimum absolute atomic E-state index is 0.180. The molecule has 0 radical (unpaired) electrons. The van der Waals surface area contributed by atoms with E-state index in [-0.39, 0.29) is 5.69 Å².